The van der Waals surface area contributed by atoms with Crippen molar-refractivity contribution in [3.63, 3.8) is 0 Å². The molecule has 3 aromatic rings. The van der Waals surface area contributed by atoms with Crippen molar-refractivity contribution < 1.29 is 49.1 Å². The summed E-state index contributed by atoms with van der Waals surface area (Å²) in [5, 5.41) is 60.2. The van der Waals surface area contributed by atoms with Gasteiger partial charge in [-0.2, -0.15) is 0 Å². The van der Waals surface area contributed by atoms with Crippen LogP contribution in [0.2, 0.25) is 0 Å². The quantitative estimate of drug-likeness (QED) is 0.0502. The number of nitrogens with zero attached hydrogens (tertiary/aromatic N) is 7. The van der Waals surface area contributed by atoms with Gasteiger partial charge in [-0.25, -0.2) is 9.67 Å². The molecule has 20 nitrogen and oxygen atoms in total. The van der Waals surface area contributed by atoms with E-state index in [1.165, 1.54) is 23.1 Å². The van der Waals surface area contributed by atoms with Gasteiger partial charge in [0, 0.05) is 58.6 Å². The van der Waals surface area contributed by atoms with Gasteiger partial charge >= 0.3 is 0 Å². The molecule has 3 heterocycles. The molecule has 13 unspecified atom stereocenters. The molecule has 1 aliphatic rings. The van der Waals surface area contributed by atoms with Gasteiger partial charge in [0.15, 0.2) is 0 Å². The van der Waals surface area contributed by atoms with Crippen LogP contribution in [-0.4, -0.2) is 187 Å². The Hall–Kier alpha value is -4.45. The standard InChI is InChI=1S/C51H84N10O10S/c1-12-32(6)44(40(70-10)26-41(64)61-23-16-19-37(61)47(71-11)33(7)48(67)54-36(50-53-22-24-72-50)25-34-17-14-13-15-18-34)59(9)51(69)42(30(2)3)55-49(68)43(31(4)5)58(8)28-38(62)45(65)46(66)39(63)29-60-27-35(20-21-52)56-57-60/h13-15,17-18,22,24,27,30-33,36-40,42-47,62-63,65-66H,12,16,19-21,23,25-26,28-29,52H2,1-11H3,(H,54,67)(H,55,68). The van der Waals surface area contributed by atoms with Crippen LogP contribution in [0.5, 0.6) is 0 Å². The summed E-state index contributed by atoms with van der Waals surface area (Å²) >= 11 is 1.48. The maximum Gasteiger partial charge on any atom is 0.245 e. The predicted molar refractivity (Wildman–Crippen MR) is 274 cm³/mol. The fourth-order valence-electron chi connectivity index (χ4n) is 10.0. The van der Waals surface area contributed by atoms with Crippen LogP contribution in [0, 0.1) is 23.7 Å². The second-order valence-electron chi connectivity index (χ2n) is 20.2. The van der Waals surface area contributed by atoms with Gasteiger partial charge in [0.05, 0.1) is 67.1 Å². The highest BCUT2D eigenvalue weighted by molar-refractivity contribution is 7.09. The monoisotopic (exact) mass is 1030 g/mol. The molecular formula is C51H84N10O10S. The molecule has 4 amide bonds. The predicted octanol–water partition coefficient (Wildman–Crippen LogP) is 1.80. The Bertz CT molecular complexity index is 2100. The van der Waals surface area contributed by atoms with Gasteiger partial charge in [-0.05, 0) is 56.2 Å². The second kappa shape index (κ2) is 28.9. The zero-order valence-corrected chi connectivity index (χ0v) is 45.0. The number of carbonyl (C=O) groups is 4. The highest BCUT2D eigenvalue weighted by Gasteiger charge is 2.44. The van der Waals surface area contributed by atoms with E-state index in [-0.39, 0.29) is 67.1 Å². The van der Waals surface area contributed by atoms with Crippen molar-refractivity contribution in [1.82, 2.24) is 45.3 Å². The van der Waals surface area contributed by atoms with Crippen molar-refractivity contribution in [3.8, 4) is 0 Å². The maximum absolute atomic E-state index is 14.7. The fourth-order valence-corrected chi connectivity index (χ4v) is 10.7. The Labute approximate surface area is 430 Å². The van der Waals surface area contributed by atoms with Gasteiger partial charge in [-0.15, -0.1) is 16.4 Å². The van der Waals surface area contributed by atoms with Crippen LogP contribution in [0.25, 0.3) is 0 Å². The number of nitrogens with one attached hydrogen (secondary N) is 2. The number of aliphatic hydroxyl groups is 4. The van der Waals surface area contributed by atoms with Gasteiger partial charge in [0.1, 0.15) is 29.4 Å². The Morgan fingerprint density at radius 3 is 2.19 bits per heavy atom. The lowest BCUT2D eigenvalue weighted by Gasteiger charge is -2.41. The molecule has 4 rings (SSSR count). The number of carbonyl (C=O) groups excluding carboxylic acids is 4. The van der Waals surface area contributed by atoms with E-state index in [9.17, 15) is 39.6 Å². The van der Waals surface area contributed by atoms with E-state index in [2.05, 4.69) is 25.9 Å². The van der Waals surface area contributed by atoms with Crippen LogP contribution in [0.15, 0.2) is 48.1 Å². The zero-order valence-electron chi connectivity index (χ0n) is 44.2. The molecule has 0 bridgehead atoms. The number of hydrogen-bond donors (Lipinski definition) is 7. The summed E-state index contributed by atoms with van der Waals surface area (Å²) in [5.41, 5.74) is 7.24. The average molecular weight is 1030 g/mol. The van der Waals surface area contributed by atoms with Crippen LogP contribution in [0.3, 0.4) is 0 Å². The molecule has 1 saturated heterocycles. The number of thiazole rings is 1. The minimum atomic E-state index is -1.78. The van der Waals surface area contributed by atoms with Gasteiger partial charge in [0.25, 0.3) is 0 Å². The molecule has 0 radical (unpaired) electrons. The minimum absolute atomic E-state index is 0.0468. The molecule has 0 spiro atoms. The minimum Gasteiger partial charge on any atom is -0.389 e. The van der Waals surface area contributed by atoms with E-state index in [4.69, 9.17) is 15.2 Å². The molecule has 13 atom stereocenters. The van der Waals surface area contributed by atoms with E-state index in [1.807, 2.05) is 84.2 Å². The maximum atomic E-state index is 14.7. The average Bonchev–Trinajstić information content (AvgIpc) is 4.16. The van der Waals surface area contributed by atoms with E-state index in [1.54, 1.807) is 48.3 Å². The molecule has 404 valence electrons. The number of hydrogen-bond acceptors (Lipinski definition) is 16. The summed E-state index contributed by atoms with van der Waals surface area (Å²) in [6.07, 6.45) is -1.66. The first-order valence-corrected chi connectivity index (χ1v) is 26.2. The third-order valence-electron chi connectivity index (χ3n) is 14.2. The second-order valence-corrected chi connectivity index (χ2v) is 21.1. The summed E-state index contributed by atoms with van der Waals surface area (Å²) < 4.78 is 13.5. The molecule has 0 saturated carbocycles. The molecule has 1 fully saturated rings. The number of aromatic nitrogens is 4. The Balaban J connectivity index is 1.44. The van der Waals surface area contributed by atoms with E-state index >= 15 is 0 Å². The van der Waals surface area contributed by atoms with Gasteiger partial charge in [0.2, 0.25) is 23.6 Å². The molecule has 0 aliphatic carbocycles. The van der Waals surface area contributed by atoms with Gasteiger partial charge in [-0.1, -0.05) is 90.4 Å². The Morgan fingerprint density at radius 2 is 1.61 bits per heavy atom. The third-order valence-corrected chi connectivity index (χ3v) is 15.1. The summed E-state index contributed by atoms with van der Waals surface area (Å²) in [6, 6.07) is 6.73. The molecule has 2 aromatic heterocycles. The van der Waals surface area contributed by atoms with E-state index in [0.717, 1.165) is 17.0 Å². The largest absolute Gasteiger partial charge is 0.389 e. The number of likely N-dealkylation sites (tertiary alicyclic amines) is 1. The number of rotatable bonds is 30. The zero-order chi connectivity index (χ0) is 53.4. The molecule has 8 N–H and O–H groups in total. The number of amides is 4. The smallest absolute Gasteiger partial charge is 0.245 e. The van der Waals surface area contributed by atoms with Gasteiger partial charge < -0.3 is 56.1 Å². The topological polar surface area (TPSA) is 271 Å². The third kappa shape index (κ3) is 16.0. The van der Waals surface area contributed by atoms with E-state index in [0.29, 0.717) is 44.5 Å². The van der Waals surface area contributed by atoms with E-state index < -0.39 is 66.6 Å². The molecule has 1 aromatic carbocycles. The molecule has 72 heavy (non-hydrogen) atoms. The highest BCUT2D eigenvalue weighted by atomic mass is 32.1. The molecule has 1 aliphatic heterocycles. The van der Waals surface area contributed by atoms with Crippen molar-refractivity contribution in [2.24, 2.45) is 29.4 Å². The van der Waals surface area contributed by atoms with Gasteiger partial charge in [-0.3, -0.25) is 24.1 Å². The lowest BCUT2D eigenvalue weighted by Crippen LogP contribution is -2.60. The van der Waals surface area contributed by atoms with Crippen LogP contribution >= 0.6 is 11.3 Å². The number of aliphatic hydroxyl groups excluding tert-OH is 4. The highest BCUT2D eigenvalue weighted by Crippen LogP contribution is 2.31. The first-order valence-electron chi connectivity index (χ1n) is 25.4. The Morgan fingerprint density at radius 1 is 0.931 bits per heavy atom. The lowest BCUT2D eigenvalue weighted by molar-refractivity contribution is -0.148. The summed E-state index contributed by atoms with van der Waals surface area (Å²) in [6.45, 7) is 13.5. The van der Waals surface area contributed by atoms with Crippen molar-refractivity contribution in [2.75, 3.05) is 47.9 Å². The van der Waals surface area contributed by atoms with Crippen molar-refractivity contribution in [2.45, 2.75) is 160 Å². The van der Waals surface area contributed by atoms with Crippen LogP contribution in [0.4, 0.5) is 0 Å². The number of benzene rings is 1. The molecular weight excluding hydrogens is 945 g/mol. The van der Waals surface area contributed by atoms with Crippen molar-refractivity contribution in [1.29, 1.82) is 0 Å². The Kier molecular flexibility index (Phi) is 24.1. The summed E-state index contributed by atoms with van der Waals surface area (Å²) in [4.78, 5) is 66.9. The van der Waals surface area contributed by atoms with Crippen LogP contribution in [-0.2, 0) is 48.0 Å². The number of methoxy groups -OCH3 is 2. The summed E-state index contributed by atoms with van der Waals surface area (Å²) in [7, 11) is 6.35. The summed E-state index contributed by atoms with van der Waals surface area (Å²) in [5.74, 6) is -2.69. The fraction of sp³-hybridized carbons (Fsp3) is 0.706. The lowest BCUT2D eigenvalue weighted by atomic mass is 9.89. The van der Waals surface area contributed by atoms with Crippen LogP contribution in [0.1, 0.15) is 96.5 Å². The number of ether oxygens (including phenoxy) is 2. The number of nitrogens with two attached hydrogens (primary N) is 1. The van der Waals surface area contributed by atoms with Crippen molar-refractivity contribution in [3.05, 3.63) is 64.4 Å². The van der Waals surface area contributed by atoms with Crippen molar-refractivity contribution >= 4 is 35.0 Å². The van der Waals surface area contributed by atoms with Crippen LogP contribution < -0.4 is 16.4 Å². The first kappa shape index (κ1) is 60.1. The normalized spacial score (nSPS) is 19.2. The number of likely N-dealkylation sites (N-methyl/N-ethyl adjacent to an activating group) is 2. The SMILES string of the molecule is CCC(C)C(C(CC(=O)N1CCCC1C(OC)C(C)C(=O)NC(Cc1ccccc1)c1nccs1)OC)N(C)C(=O)C(NC(=O)C(C(C)C)N(C)CC(O)C(O)C(O)C(O)Cn1cc(CCN)nn1)C(C)C. The molecule has 21 heteroatoms. The first-order chi connectivity index (χ1) is 34.2.